The third kappa shape index (κ3) is 4.53. The van der Waals surface area contributed by atoms with Gasteiger partial charge in [-0.1, -0.05) is 30.3 Å². The molecule has 1 aromatic carbocycles. The predicted octanol–water partition coefficient (Wildman–Crippen LogP) is 1.10. The minimum Gasteiger partial charge on any atom is -0.379 e. The molecule has 3 rings (SSSR count). The maximum Gasteiger partial charge on any atom is 0.237 e. The summed E-state index contributed by atoms with van der Waals surface area (Å²) in [6.45, 7) is 8.38. The smallest absolute Gasteiger partial charge is 0.237 e. The Morgan fingerprint density at radius 3 is 2.65 bits per heavy atom. The van der Waals surface area contributed by atoms with Crippen molar-refractivity contribution in [2.24, 2.45) is 0 Å². The summed E-state index contributed by atoms with van der Waals surface area (Å²) < 4.78 is 5.36. The van der Waals surface area contributed by atoms with Crippen molar-refractivity contribution in [3.63, 3.8) is 0 Å². The normalized spacial score (nSPS) is 24.0. The predicted molar refractivity (Wildman–Crippen MR) is 90.1 cm³/mol. The monoisotopic (exact) mass is 317 g/mol. The zero-order valence-electron chi connectivity index (χ0n) is 13.9. The summed E-state index contributed by atoms with van der Waals surface area (Å²) in [5.41, 5.74) is 1.27. The number of ether oxygens (including phenoxy) is 1. The summed E-state index contributed by atoms with van der Waals surface area (Å²) in [7, 11) is 0. The van der Waals surface area contributed by atoms with E-state index < -0.39 is 0 Å². The Hall–Kier alpha value is -1.43. The SMILES string of the molecule is C[C@@H](CN1CCOCC1)NC(=O)[C@H]1CCN1Cc1ccccc1. The summed E-state index contributed by atoms with van der Waals surface area (Å²) >= 11 is 0. The first kappa shape index (κ1) is 16.4. The number of amides is 1. The standard InChI is InChI=1S/C18H27N3O2/c1-15(13-20-9-11-23-12-10-20)19-18(22)17-7-8-21(17)14-16-5-3-2-4-6-16/h2-6,15,17H,7-14H2,1H3,(H,19,22)/t15-,17+/m0/s1. The van der Waals surface area contributed by atoms with Gasteiger partial charge in [-0.05, 0) is 18.9 Å². The molecule has 126 valence electrons. The van der Waals surface area contributed by atoms with Crippen molar-refractivity contribution >= 4 is 5.91 Å². The largest absolute Gasteiger partial charge is 0.379 e. The van der Waals surface area contributed by atoms with Crippen molar-refractivity contribution < 1.29 is 9.53 Å². The van der Waals surface area contributed by atoms with Crippen LogP contribution in [0.15, 0.2) is 30.3 Å². The van der Waals surface area contributed by atoms with Gasteiger partial charge in [-0.15, -0.1) is 0 Å². The molecule has 2 aliphatic heterocycles. The molecule has 1 amide bonds. The topological polar surface area (TPSA) is 44.8 Å². The molecule has 1 N–H and O–H groups in total. The van der Waals surface area contributed by atoms with Crippen LogP contribution < -0.4 is 5.32 Å². The number of benzene rings is 1. The highest BCUT2D eigenvalue weighted by Crippen LogP contribution is 2.20. The van der Waals surface area contributed by atoms with Crippen LogP contribution in [0.5, 0.6) is 0 Å². The van der Waals surface area contributed by atoms with E-state index in [4.69, 9.17) is 4.74 Å². The van der Waals surface area contributed by atoms with E-state index >= 15 is 0 Å². The molecule has 23 heavy (non-hydrogen) atoms. The van der Waals surface area contributed by atoms with E-state index in [2.05, 4.69) is 46.3 Å². The first-order valence-corrected chi connectivity index (χ1v) is 8.61. The third-order valence-corrected chi connectivity index (χ3v) is 4.69. The maximum absolute atomic E-state index is 12.5. The van der Waals surface area contributed by atoms with Gasteiger partial charge in [0.05, 0.1) is 19.3 Å². The zero-order valence-corrected chi connectivity index (χ0v) is 13.9. The van der Waals surface area contributed by atoms with E-state index in [1.54, 1.807) is 0 Å². The molecule has 5 heteroatoms. The van der Waals surface area contributed by atoms with Crippen LogP contribution in [-0.2, 0) is 16.1 Å². The van der Waals surface area contributed by atoms with Gasteiger partial charge in [-0.25, -0.2) is 0 Å². The highest BCUT2D eigenvalue weighted by Gasteiger charge is 2.34. The minimum atomic E-state index is 0.0299. The molecule has 0 bridgehead atoms. The summed E-state index contributed by atoms with van der Waals surface area (Å²) in [6, 6.07) is 10.6. The summed E-state index contributed by atoms with van der Waals surface area (Å²) in [4.78, 5) is 17.1. The van der Waals surface area contributed by atoms with Crippen LogP contribution in [0.2, 0.25) is 0 Å². The highest BCUT2D eigenvalue weighted by atomic mass is 16.5. The molecule has 0 unspecified atom stereocenters. The average Bonchev–Trinajstić information content (AvgIpc) is 2.53. The van der Waals surface area contributed by atoms with Crippen LogP contribution in [0, 0.1) is 0 Å². The summed E-state index contributed by atoms with van der Waals surface area (Å²) in [5, 5.41) is 3.18. The molecule has 2 saturated heterocycles. The van der Waals surface area contributed by atoms with E-state index in [9.17, 15) is 4.79 Å². The highest BCUT2D eigenvalue weighted by molar-refractivity contribution is 5.82. The van der Waals surface area contributed by atoms with Crippen LogP contribution in [0.25, 0.3) is 0 Å². The van der Waals surface area contributed by atoms with Gasteiger partial charge in [-0.2, -0.15) is 0 Å². The summed E-state index contributed by atoms with van der Waals surface area (Å²) in [6.07, 6.45) is 0.961. The van der Waals surface area contributed by atoms with Gasteiger partial charge >= 0.3 is 0 Å². The second-order valence-electron chi connectivity index (χ2n) is 6.58. The van der Waals surface area contributed by atoms with Crippen LogP contribution in [0.3, 0.4) is 0 Å². The van der Waals surface area contributed by atoms with Crippen LogP contribution >= 0.6 is 0 Å². The number of nitrogens with one attached hydrogen (secondary N) is 1. The second kappa shape index (κ2) is 7.90. The van der Waals surface area contributed by atoms with Gasteiger partial charge in [0.2, 0.25) is 5.91 Å². The quantitative estimate of drug-likeness (QED) is 0.853. The number of hydrogen-bond donors (Lipinski definition) is 1. The van der Waals surface area contributed by atoms with Gasteiger partial charge in [0.25, 0.3) is 0 Å². The Morgan fingerprint density at radius 1 is 1.26 bits per heavy atom. The Kier molecular flexibility index (Phi) is 5.65. The number of morpholine rings is 1. The molecule has 5 nitrogen and oxygen atoms in total. The zero-order chi connectivity index (χ0) is 16.1. The lowest BCUT2D eigenvalue weighted by atomic mass is 10.0. The van der Waals surface area contributed by atoms with Gasteiger partial charge in [0.15, 0.2) is 0 Å². The number of carbonyl (C=O) groups is 1. The fraction of sp³-hybridized carbons (Fsp3) is 0.611. The van der Waals surface area contributed by atoms with Crippen molar-refractivity contribution in [1.29, 1.82) is 0 Å². The van der Waals surface area contributed by atoms with Crippen LogP contribution in [0.1, 0.15) is 18.9 Å². The lowest BCUT2D eigenvalue weighted by Crippen LogP contribution is -2.58. The lowest BCUT2D eigenvalue weighted by molar-refractivity contribution is -0.132. The first-order valence-electron chi connectivity index (χ1n) is 8.61. The van der Waals surface area contributed by atoms with Crippen LogP contribution in [0.4, 0.5) is 0 Å². The van der Waals surface area contributed by atoms with E-state index in [-0.39, 0.29) is 18.0 Å². The Balaban J connectivity index is 1.44. The lowest BCUT2D eigenvalue weighted by Gasteiger charge is -2.40. The van der Waals surface area contributed by atoms with Crippen molar-refractivity contribution in [3.8, 4) is 0 Å². The van der Waals surface area contributed by atoms with E-state index in [1.165, 1.54) is 5.56 Å². The number of hydrogen-bond acceptors (Lipinski definition) is 4. The van der Waals surface area contributed by atoms with E-state index in [0.717, 1.165) is 52.4 Å². The number of nitrogens with zero attached hydrogens (tertiary/aromatic N) is 2. The van der Waals surface area contributed by atoms with Gasteiger partial charge < -0.3 is 10.1 Å². The molecule has 2 heterocycles. The van der Waals surface area contributed by atoms with Crippen molar-refractivity contribution in [1.82, 2.24) is 15.1 Å². The maximum atomic E-state index is 12.5. The summed E-state index contributed by atoms with van der Waals surface area (Å²) in [5.74, 6) is 0.174. The van der Waals surface area contributed by atoms with Crippen molar-refractivity contribution in [2.75, 3.05) is 39.4 Å². The number of rotatable bonds is 6. The minimum absolute atomic E-state index is 0.0299. The number of likely N-dealkylation sites (tertiary alicyclic amines) is 1. The Labute approximate surface area is 138 Å². The molecule has 1 aromatic rings. The molecular weight excluding hydrogens is 290 g/mol. The average molecular weight is 317 g/mol. The Bertz CT molecular complexity index is 502. The molecule has 0 aromatic heterocycles. The Morgan fingerprint density at radius 2 is 2.00 bits per heavy atom. The molecule has 0 saturated carbocycles. The molecule has 0 spiro atoms. The molecule has 2 atom stereocenters. The van der Waals surface area contributed by atoms with E-state index in [0.29, 0.717) is 0 Å². The molecule has 0 radical (unpaired) electrons. The fourth-order valence-electron chi connectivity index (χ4n) is 3.30. The third-order valence-electron chi connectivity index (χ3n) is 4.69. The molecular formula is C18H27N3O2. The fourth-order valence-corrected chi connectivity index (χ4v) is 3.30. The second-order valence-corrected chi connectivity index (χ2v) is 6.58. The first-order chi connectivity index (χ1) is 11.2. The molecule has 0 aliphatic carbocycles. The molecule has 2 fully saturated rings. The van der Waals surface area contributed by atoms with Gasteiger partial charge in [0.1, 0.15) is 0 Å². The van der Waals surface area contributed by atoms with Crippen molar-refractivity contribution in [3.05, 3.63) is 35.9 Å². The van der Waals surface area contributed by atoms with Crippen LogP contribution in [-0.4, -0.2) is 67.2 Å². The molecule has 2 aliphatic rings. The van der Waals surface area contributed by atoms with Gasteiger partial charge in [0, 0.05) is 38.8 Å². The number of carbonyl (C=O) groups excluding carboxylic acids is 1. The van der Waals surface area contributed by atoms with E-state index in [1.807, 2.05) is 6.07 Å². The van der Waals surface area contributed by atoms with Gasteiger partial charge in [-0.3, -0.25) is 14.6 Å². The van der Waals surface area contributed by atoms with Crippen molar-refractivity contribution in [2.45, 2.75) is 32.0 Å².